The summed E-state index contributed by atoms with van der Waals surface area (Å²) in [4.78, 5) is 22.2. The molecule has 10 heteroatoms. The smallest absolute Gasteiger partial charge is 0.260 e. The number of amides is 1. The van der Waals surface area contributed by atoms with E-state index in [-0.39, 0.29) is 23.2 Å². The number of hydrogen-bond donors (Lipinski definition) is 0. The summed E-state index contributed by atoms with van der Waals surface area (Å²) < 4.78 is 26.9. The lowest BCUT2D eigenvalue weighted by Crippen LogP contribution is -2.33. The van der Waals surface area contributed by atoms with Gasteiger partial charge in [0.05, 0.1) is 15.1 Å². The summed E-state index contributed by atoms with van der Waals surface area (Å²) in [6.45, 7) is 5.46. The molecule has 0 unspecified atom stereocenters. The zero-order valence-electron chi connectivity index (χ0n) is 19.8. The van der Waals surface area contributed by atoms with Crippen LogP contribution in [0.25, 0.3) is 10.2 Å². The number of aryl methyl sites for hydroxylation is 2. The molecule has 0 atom stereocenters. The second kappa shape index (κ2) is 10.9. The molecule has 0 saturated carbocycles. The molecule has 0 saturated heterocycles. The van der Waals surface area contributed by atoms with Crippen LogP contribution in [-0.2, 0) is 10.0 Å². The number of hydrogen-bond acceptors (Lipinski definition) is 6. The standard InChI is InChI=1S/C23H30N4O3S2.ClH/c1-16-8-13-20-21(17(16)2)24-23(31-20)27(15-7-14-25(3)4)22(28)18-9-11-19(12-10-18)32(29,30)26(5)6;/h8-13H,7,14-15H2,1-6H3;1H. The highest BCUT2D eigenvalue weighted by Gasteiger charge is 2.23. The van der Waals surface area contributed by atoms with E-state index in [9.17, 15) is 13.2 Å². The van der Waals surface area contributed by atoms with Crippen molar-refractivity contribution < 1.29 is 13.2 Å². The molecule has 1 aromatic heterocycles. The molecule has 3 rings (SSSR count). The molecule has 0 fully saturated rings. The van der Waals surface area contributed by atoms with E-state index in [1.165, 1.54) is 37.6 Å². The van der Waals surface area contributed by atoms with Gasteiger partial charge in [0.15, 0.2) is 5.13 Å². The van der Waals surface area contributed by atoms with Gasteiger partial charge in [-0.3, -0.25) is 9.69 Å². The molecule has 3 aromatic rings. The Morgan fingerprint density at radius 2 is 1.61 bits per heavy atom. The Bertz CT molecular complexity index is 1220. The monoisotopic (exact) mass is 510 g/mol. The van der Waals surface area contributed by atoms with E-state index >= 15 is 0 Å². The van der Waals surface area contributed by atoms with Crippen LogP contribution in [0, 0.1) is 13.8 Å². The summed E-state index contributed by atoms with van der Waals surface area (Å²) in [6.07, 6.45) is 0.791. The summed E-state index contributed by atoms with van der Waals surface area (Å²) in [5.74, 6) is -0.189. The van der Waals surface area contributed by atoms with E-state index in [1.807, 2.05) is 27.1 Å². The molecule has 33 heavy (non-hydrogen) atoms. The molecule has 0 spiro atoms. The molecule has 2 aromatic carbocycles. The number of halogens is 1. The number of carbonyl (C=O) groups excluding carboxylic acids is 1. The number of fused-ring (bicyclic) bond motifs is 1. The van der Waals surface area contributed by atoms with Crippen molar-refractivity contribution in [2.24, 2.45) is 0 Å². The maximum Gasteiger partial charge on any atom is 0.260 e. The van der Waals surface area contributed by atoms with Crippen LogP contribution in [0.15, 0.2) is 41.3 Å². The van der Waals surface area contributed by atoms with E-state index in [0.717, 1.165) is 38.6 Å². The van der Waals surface area contributed by atoms with Crippen LogP contribution in [0.2, 0.25) is 0 Å². The Morgan fingerprint density at radius 1 is 0.970 bits per heavy atom. The number of benzene rings is 2. The average molecular weight is 511 g/mol. The molecule has 0 bridgehead atoms. The Labute approximate surface area is 206 Å². The molecule has 0 aliphatic carbocycles. The minimum atomic E-state index is -3.55. The van der Waals surface area contributed by atoms with E-state index in [0.29, 0.717) is 17.2 Å². The Hall–Kier alpha value is -2.04. The number of nitrogens with zero attached hydrogens (tertiary/aromatic N) is 4. The number of sulfonamides is 1. The van der Waals surface area contributed by atoms with Crippen LogP contribution in [0.4, 0.5) is 5.13 Å². The lowest BCUT2D eigenvalue weighted by Gasteiger charge is -2.21. The van der Waals surface area contributed by atoms with Gasteiger partial charge in [-0.05, 0) is 82.4 Å². The van der Waals surface area contributed by atoms with Gasteiger partial charge in [-0.25, -0.2) is 17.7 Å². The minimum Gasteiger partial charge on any atom is -0.309 e. The third-order valence-electron chi connectivity index (χ3n) is 5.42. The first-order valence-electron chi connectivity index (χ1n) is 10.4. The molecule has 0 N–H and O–H groups in total. The van der Waals surface area contributed by atoms with Crippen LogP contribution >= 0.6 is 23.7 Å². The van der Waals surface area contributed by atoms with Crippen molar-refractivity contribution in [1.82, 2.24) is 14.2 Å². The summed E-state index contributed by atoms with van der Waals surface area (Å²) >= 11 is 1.50. The normalized spacial score (nSPS) is 11.8. The van der Waals surface area contributed by atoms with Crippen molar-refractivity contribution in [3.63, 3.8) is 0 Å². The predicted molar refractivity (Wildman–Crippen MR) is 139 cm³/mol. The fourth-order valence-electron chi connectivity index (χ4n) is 3.30. The first-order valence-corrected chi connectivity index (χ1v) is 12.6. The highest BCUT2D eigenvalue weighted by molar-refractivity contribution is 7.89. The van der Waals surface area contributed by atoms with Gasteiger partial charge in [-0.15, -0.1) is 12.4 Å². The summed E-state index contributed by atoms with van der Waals surface area (Å²) in [5.41, 5.74) is 3.63. The summed E-state index contributed by atoms with van der Waals surface area (Å²) in [5, 5.41) is 0.655. The van der Waals surface area contributed by atoms with Crippen LogP contribution in [0.3, 0.4) is 0 Å². The molecular formula is C23H31ClN4O3S2. The quantitative estimate of drug-likeness (QED) is 0.454. The number of anilines is 1. The largest absolute Gasteiger partial charge is 0.309 e. The van der Waals surface area contributed by atoms with Gasteiger partial charge in [0, 0.05) is 26.2 Å². The third kappa shape index (κ3) is 5.91. The lowest BCUT2D eigenvalue weighted by molar-refractivity contribution is 0.0986. The number of thiazole rings is 1. The maximum absolute atomic E-state index is 13.5. The molecule has 1 amide bonds. The maximum atomic E-state index is 13.5. The van der Waals surface area contributed by atoms with Crippen LogP contribution in [-0.4, -0.2) is 69.8 Å². The topological polar surface area (TPSA) is 73.8 Å². The second-order valence-corrected chi connectivity index (χ2v) is 11.4. The Kier molecular flexibility index (Phi) is 9.01. The Morgan fingerprint density at radius 3 is 2.18 bits per heavy atom. The van der Waals surface area contributed by atoms with Crippen LogP contribution in [0.5, 0.6) is 0 Å². The van der Waals surface area contributed by atoms with Gasteiger partial charge < -0.3 is 4.90 Å². The van der Waals surface area contributed by atoms with E-state index in [4.69, 9.17) is 4.98 Å². The average Bonchev–Trinajstić information content (AvgIpc) is 3.18. The lowest BCUT2D eigenvalue weighted by atomic mass is 10.1. The minimum absolute atomic E-state index is 0. The van der Waals surface area contributed by atoms with E-state index < -0.39 is 10.0 Å². The molecular weight excluding hydrogens is 480 g/mol. The van der Waals surface area contributed by atoms with Gasteiger partial charge >= 0.3 is 0 Å². The van der Waals surface area contributed by atoms with Gasteiger partial charge in [-0.2, -0.15) is 0 Å². The highest BCUT2D eigenvalue weighted by Crippen LogP contribution is 2.33. The molecule has 0 radical (unpaired) electrons. The van der Waals surface area contributed by atoms with Crippen LogP contribution < -0.4 is 4.90 Å². The fourth-order valence-corrected chi connectivity index (χ4v) is 5.25. The molecule has 7 nitrogen and oxygen atoms in total. The van der Waals surface area contributed by atoms with E-state index in [1.54, 1.807) is 17.0 Å². The van der Waals surface area contributed by atoms with E-state index in [2.05, 4.69) is 17.9 Å². The van der Waals surface area contributed by atoms with Crippen LogP contribution in [0.1, 0.15) is 27.9 Å². The van der Waals surface area contributed by atoms with Crippen molar-refractivity contribution in [3.8, 4) is 0 Å². The molecule has 180 valence electrons. The van der Waals surface area contributed by atoms with Crippen molar-refractivity contribution in [2.75, 3.05) is 46.2 Å². The molecule has 0 aliphatic heterocycles. The molecule has 1 heterocycles. The zero-order valence-corrected chi connectivity index (χ0v) is 22.3. The summed E-state index contributed by atoms with van der Waals surface area (Å²) in [7, 11) is 3.42. The van der Waals surface area contributed by atoms with Gasteiger partial charge in [0.2, 0.25) is 10.0 Å². The number of rotatable bonds is 8. The van der Waals surface area contributed by atoms with Gasteiger partial charge in [0.25, 0.3) is 5.91 Å². The summed E-state index contributed by atoms with van der Waals surface area (Å²) in [6, 6.07) is 10.2. The fraction of sp³-hybridized carbons (Fsp3) is 0.391. The van der Waals surface area contributed by atoms with Crippen molar-refractivity contribution in [2.45, 2.75) is 25.2 Å². The van der Waals surface area contributed by atoms with Crippen molar-refractivity contribution in [1.29, 1.82) is 0 Å². The number of carbonyl (C=O) groups is 1. The highest BCUT2D eigenvalue weighted by atomic mass is 35.5. The number of aromatic nitrogens is 1. The molecule has 0 aliphatic rings. The second-order valence-electron chi connectivity index (χ2n) is 8.28. The third-order valence-corrected chi connectivity index (χ3v) is 8.29. The Balaban J connectivity index is 0.00000385. The predicted octanol–water partition coefficient (Wildman–Crippen LogP) is 4.18. The zero-order chi connectivity index (χ0) is 23.6. The van der Waals surface area contributed by atoms with Gasteiger partial charge in [0.1, 0.15) is 0 Å². The van der Waals surface area contributed by atoms with Gasteiger partial charge in [-0.1, -0.05) is 17.4 Å². The van der Waals surface area contributed by atoms with Crippen molar-refractivity contribution >= 4 is 55.0 Å². The first-order chi connectivity index (χ1) is 15.0. The van der Waals surface area contributed by atoms with Crippen molar-refractivity contribution in [3.05, 3.63) is 53.1 Å². The SMILES string of the molecule is Cc1ccc2sc(N(CCCN(C)C)C(=O)c3ccc(S(=O)(=O)N(C)C)cc3)nc2c1C.Cl. The first kappa shape index (κ1) is 27.2.